The van der Waals surface area contributed by atoms with Crippen LogP contribution >= 0.6 is 0 Å². The lowest BCUT2D eigenvalue weighted by atomic mass is 9.49. The summed E-state index contributed by atoms with van der Waals surface area (Å²) in [6.45, 7) is 19.2. The summed E-state index contributed by atoms with van der Waals surface area (Å²) >= 11 is 0. The first-order valence-electron chi connectivity index (χ1n) is 27.0. The number of halogens is 3. The zero-order valence-corrected chi connectivity index (χ0v) is 50.6. The molecule has 4 fully saturated rings. The van der Waals surface area contributed by atoms with Crippen molar-refractivity contribution in [2.24, 2.45) is 23.2 Å². The van der Waals surface area contributed by atoms with Crippen LogP contribution in [0.5, 0.6) is 5.75 Å². The normalized spacial score (nSPS) is 19.5. The van der Waals surface area contributed by atoms with Crippen LogP contribution in [0.1, 0.15) is 111 Å². The average molecular weight is 1190 g/mol. The fourth-order valence-electron chi connectivity index (χ4n) is 10.8. The van der Waals surface area contributed by atoms with E-state index in [4.69, 9.17) is 9.47 Å². The number of rotatable bonds is 14. The van der Waals surface area contributed by atoms with Crippen LogP contribution in [0.15, 0.2) is 187 Å². The van der Waals surface area contributed by atoms with Gasteiger partial charge in [-0.2, -0.15) is 13.2 Å². The minimum Gasteiger partial charge on any atom is -0.748 e. The first kappa shape index (κ1) is 63.2. The first-order chi connectivity index (χ1) is 37.7. The number of carbonyl (C=O) groups is 2. The highest BCUT2D eigenvalue weighted by Gasteiger charge is 2.59. The molecule has 0 amide bonds. The molecule has 0 spiro atoms. The number of ether oxygens (including phenoxy) is 2. The molecule has 10 nitrogen and oxygen atoms in total. The van der Waals surface area contributed by atoms with Crippen LogP contribution in [0.3, 0.4) is 0 Å². The van der Waals surface area contributed by atoms with Gasteiger partial charge in [-0.25, -0.2) is 16.8 Å². The molecule has 81 heavy (non-hydrogen) atoms. The van der Waals surface area contributed by atoms with Crippen LogP contribution in [-0.2, 0) is 72.6 Å². The van der Waals surface area contributed by atoms with Crippen molar-refractivity contribution in [3.63, 3.8) is 0 Å². The van der Waals surface area contributed by atoms with Crippen molar-refractivity contribution in [1.82, 2.24) is 0 Å². The third kappa shape index (κ3) is 17.1. The van der Waals surface area contributed by atoms with Gasteiger partial charge in [0.2, 0.25) is 6.10 Å². The summed E-state index contributed by atoms with van der Waals surface area (Å²) in [6.07, 6.45) is -4.22. The number of ketones is 1. The molecule has 0 radical (unpaired) electrons. The van der Waals surface area contributed by atoms with Crippen molar-refractivity contribution in [1.29, 1.82) is 0 Å². The topological polar surface area (TPSA) is 167 Å². The number of Topliss-reactive ketones (excluding diaryl/α,β-unsaturated/α-hetero) is 1. The van der Waals surface area contributed by atoms with Gasteiger partial charge >= 0.3 is 12.1 Å². The van der Waals surface area contributed by atoms with Crippen molar-refractivity contribution < 1.29 is 58.2 Å². The van der Waals surface area contributed by atoms with Crippen molar-refractivity contribution in [3.8, 4) is 5.75 Å². The highest BCUT2D eigenvalue weighted by molar-refractivity contribution is 7.97. The third-order valence-corrected chi connectivity index (χ3v) is 20.7. The SMILES string of the molecule is CC(C)(C)c1ccc([S+](c2ccc(OC(CS(=O)(=O)[O-])C(F)(F)F)cc2)c2ccc(C(C)(C)C)cc2)cc1.CC(C)(C)c1ccc([S+](c2ccccc2)c2ccccc2)cc1.O=C1C2CC3CC1CC(C(=O)OCCS(=O)(=O)[O-])(C3)C2. The maximum absolute atomic E-state index is 13.3. The second-order valence-electron chi connectivity index (χ2n) is 24.3. The summed E-state index contributed by atoms with van der Waals surface area (Å²) in [5.41, 5.74) is 3.29. The van der Waals surface area contributed by atoms with Crippen LogP contribution in [0.25, 0.3) is 0 Å². The van der Waals surface area contributed by atoms with E-state index >= 15 is 0 Å². The third-order valence-electron chi connectivity index (χ3n) is 14.9. The van der Waals surface area contributed by atoms with Crippen molar-refractivity contribution in [2.75, 3.05) is 18.1 Å². The van der Waals surface area contributed by atoms with E-state index in [0.29, 0.717) is 18.8 Å². The Kier molecular flexibility index (Phi) is 19.6. The summed E-state index contributed by atoms with van der Waals surface area (Å²) in [5, 5.41) is 0. The standard InChI is InChI=1S/C29H33F3O4S2.C22H23S.C13H18O6S/c1-27(2,3)20-7-13-23(14-8-20)37(24-15-9-21(10-16-24)28(4,5)6)25-17-11-22(12-18-25)36-26(29(30,31)32)19-38(33,34)35;1-22(2,3)18-14-16-21(17-15-18)23(19-10-6-4-7-11-19)20-12-8-5-9-13-20;14-11-9-3-8-4-10(11)7-13(5-8,6-9)12(15)19-1-2-20(16,17)18/h7-18,26H,19H2,1-6H3;4-17H,1-3H3;8-10H,1-7H2,(H,16,17,18)/q;+1;/p-1. The Morgan fingerprint density at radius 3 is 1.21 bits per heavy atom. The maximum atomic E-state index is 13.3. The lowest BCUT2D eigenvalue weighted by Gasteiger charge is -2.53. The molecule has 0 N–H and O–H groups in total. The molecule has 434 valence electrons. The van der Waals surface area contributed by atoms with E-state index in [0.717, 1.165) is 33.9 Å². The smallest absolute Gasteiger partial charge is 0.426 e. The van der Waals surface area contributed by atoms with Gasteiger partial charge < -0.3 is 18.6 Å². The monoisotopic (exact) mass is 1190 g/mol. The van der Waals surface area contributed by atoms with Crippen LogP contribution in [0.4, 0.5) is 13.2 Å². The summed E-state index contributed by atoms with van der Waals surface area (Å²) in [7, 11) is -10.1. The summed E-state index contributed by atoms with van der Waals surface area (Å²) < 4.78 is 114. The number of benzene rings is 6. The van der Waals surface area contributed by atoms with Gasteiger partial charge in [0.15, 0.2) is 29.4 Å². The molecule has 0 heterocycles. The predicted molar refractivity (Wildman–Crippen MR) is 311 cm³/mol. The molecule has 0 saturated heterocycles. The van der Waals surface area contributed by atoms with Crippen molar-refractivity contribution >= 4 is 53.8 Å². The number of alkyl halides is 3. The molecule has 4 saturated carbocycles. The Bertz CT molecular complexity index is 3180. The number of carbonyl (C=O) groups excluding carboxylic acids is 2. The highest BCUT2D eigenvalue weighted by atomic mass is 32.2. The zero-order chi connectivity index (χ0) is 59.3. The number of esters is 1. The molecular weight excluding hydrogens is 1110 g/mol. The Labute approximate surface area is 482 Å². The second-order valence-corrected chi connectivity index (χ2v) is 31.4. The zero-order valence-electron chi connectivity index (χ0n) is 47.3. The summed E-state index contributed by atoms with van der Waals surface area (Å²) in [6, 6.07) is 53.5. The molecule has 4 bridgehead atoms. The molecular formula is C64H73F3O10S4. The fourth-order valence-corrected chi connectivity index (χ4v) is 15.8. The molecule has 0 aliphatic heterocycles. The molecule has 6 aromatic rings. The van der Waals surface area contributed by atoms with Gasteiger partial charge in [0.25, 0.3) is 0 Å². The Morgan fingerprint density at radius 2 is 0.889 bits per heavy atom. The number of hydrogen-bond acceptors (Lipinski definition) is 10. The van der Waals surface area contributed by atoms with Crippen molar-refractivity contribution in [2.45, 2.75) is 152 Å². The van der Waals surface area contributed by atoms with Gasteiger partial charge in [-0.15, -0.1) is 0 Å². The molecule has 3 atom stereocenters. The minimum atomic E-state index is -5.14. The minimum absolute atomic E-state index is 0.0168. The lowest BCUT2D eigenvalue weighted by Crippen LogP contribution is -2.55. The van der Waals surface area contributed by atoms with Crippen LogP contribution in [0, 0.1) is 23.2 Å². The van der Waals surface area contributed by atoms with Gasteiger partial charge in [-0.1, -0.05) is 135 Å². The average Bonchev–Trinajstić information content (AvgIpc) is 3.58. The summed E-state index contributed by atoms with van der Waals surface area (Å²) in [5.74, 6) is -2.35. The Morgan fingerprint density at radius 1 is 0.543 bits per heavy atom. The molecule has 10 rings (SSSR count). The van der Waals surface area contributed by atoms with Gasteiger partial charge in [-0.05, 0) is 156 Å². The van der Waals surface area contributed by atoms with E-state index in [-0.39, 0.29) is 57.1 Å². The first-order valence-corrected chi connectivity index (χ1v) is 32.6. The molecule has 17 heteroatoms. The van der Waals surface area contributed by atoms with Crippen molar-refractivity contribution in [3.05, 3.63) is 174 Å². The Hall–Kier alpha value is -5.43. The number of hydrogen-bond donors (Lipinski definition) is 0. The van der Waals surface area contributed by atoms with E-state index in [9.17, 15) is 48.7 Å². The Balaban J connectivity index is 0.000000187. The lowest BCUT2D eigenvalue weighted by molar-refractivity contribution is -0.188. The molecule has 3 unspecified atom stereocenters. The molecule has 4 aliphatic rings. The molecule has 4 aliphatic carbocycles. The molecule has 0 aromatic heterocycles. The predicted octanol–water partition coefficient (Wildman–Crippen LogP) is 13.8. The second kappa shape index (κ2) is 25.2. The highest BCUT2D eigenvalue weighted by Crippen LogP contribution is 2.59. The van der Waals surface area contributed by atoms with Gasteiger partial charge in [0.1, 0.15) is 18.1 Å². The molecule has 6 aromatic carbocycles. The van der Waals surface area contributed by atoms with E-state index < -0.39 is 66.3 Å². The van der Waals surface area contributed by atoms with Crippen LogP contribution in [0.2, 0.25) is 0 Å². The van der Waals surface area contributed by atoms with Gasteiger partial charge in [0.05, 0.1) is 58.9 Å². The summed E-state index contributed by atoms with van der Waals surface area (Å²) in [4.78, 5) is 31.3. The van der Waals surface area contributed by atoms with E-state index in [1.54, 1.807) is 12.1 Å². The van der Waals surface area contributed by atoms with Crippen LogP contribution < -0.4 is 4.74 Å². The van der Waals surface area contributed by atoms with Gasteiger partial charge in [0, 0.05) is 11.8 Å². The van der Waals surface area contributed by atoms with E-state index in [1.807, 2.05) is 0 Å². The van der Waals surface area contributed by atoms with Crippen LogP contribution in [-0.4, -0.2) is 68.1 Å². The quantitative estimate of drug-likeness (QED) is 0.0582. The fraction of sp³-hybridized carbons (Fsp3) is 0.406. The van der Waals surface area contributed by atoms with E-state index in [1.165, 1.54) is 43.5 Å². The largest absolute Gasteiger partial charge is 0.748 e. The van der Waals surface area contributed by atoms with E-state index in [2.05, 4.69) is 196 Å². The van der Waals surface area contributed by atoms with Gasteiger partial charge in [-0.3, -0.25) is 9.59 Å². The maximum Gasteiger partial charge on any atom is 0.426 e.